The number of halogens is 1. The zero-order valence-corrected chi connectivity index (χ0v) is 9.72. The number of rotatable bonds is 5. The summed E-state index contributed by atoms with van der Waals surface area (Å²) in [4.78, 5) is 13.8. The summed E-state index contributed by atoms with van der Waals surface area (Å²) < 4.78 is 0. The van der Waals surface area contributed by atoms with Gasteiger partial charge >= 0.3 is 5.97 Å². The molecule has 0 saturated heterocycles. The van der Waals surface area contributed by atoms with Crippen LogP contribution in [0.5, 0.6) is 0 Å². The number of carbonyl (C=O) groups is 1. The first-order chi connectivity index (χ1) is 7.15. The van der Waals surface area contributed by atoms with Crippen molar-refractivity contribution in [3.63, 3.8) is 0 Å². The molecular weight excluding hydrogens is 234 g/mol. The molecule has 3 nitrogen and oxygen atoms in total. The lowest BCUT2D eigenvalue weighted by Crippen LogP contribution is -2.30. The van der Waals surface area contributed by atoms with Gasteiger partial charge in [-0.05, 0) is 18.9 Å². The number of thiophene rings is 1. The first-order valence-electron chi connectivity index (χ1n) is 4.84. The van der Waals surface area contributed by atoms with E-state index in [0.717, 1.165) is 22.7 Å². The Bertz CT molecular complexity index is 362. The Kier molecular flexibility index (Phi) is 3.29. The number of nitrogens with zero attached hydrogens (tertiary/aromatic N) is 1. The highest BCUT2D eigenvalue weighted by molar-refractivity contribution is 7.10. The van der Waals surface area contributed by atoms with Gasteiger partial charge in [0.05, 0.1) is 11.6 Å². The lowest BCUT2D eigenvalue weighted by molar-refractivity contribution is -0.138. The molecule has 1 aliphatic carbocycles. The van der Waals surface area contributed by atoms with Gasteiger partial charge in [-0.25, -0.2) is 0 Å². The monoisotopic (exact) mass is 245 g/mol. The molecule has 1 aromatic heterocycles. The highest BCUT2D eigenvalue weighted by atomic mass is 35.5. The Morgan fingerprint density at radius 1 is 1.67 bits per heavy atom. The molecule has 1 aliphatic rings. The van der Waals surface area contributed by atoms with Crippen molar-refractivity contribution in [2.24, 2.45) is 0 Å². The van der Waals surface area contributed by atoms with E-state index in [1.807, 2.05) is 16.3 Å². The Morgan fingerprint density at radius 2 is 2.40 bits per heavy atom. The highest BCUT2D eigenvalue weighted by Gasteiger charge is 2.30. The lowest BCUT2D eigenvalue weighted by atomic mass is 10.4. The van der Waals surface area contributed by atoms with E-state index < -0.39 is 5.97 Å². The van der Waals surface area contributed by atoms with Gasteiger partial charge in [-0.2, -0.15) is 0 Å². The number of hydrogen-bond donors (Lipinski definition) is 1. The number of carboxylic acid groups (broad SMARTS) is 1. The fraction of sp³-hybridized carbons (Fsp3) is 0.500. The van der Waals surface area contributed by atoms with Crippen LogP contribution in [0, 0.1) is 0 Å². The normalized spacial score (nSPS) is 15.9. The molecule has 0 aliphatic heterocycles. The van der Waals surface area contributed by atoms with Gasteiger partial charge in [-0.15, -0.1) is 11.3 Å². The van der Waals surface area contributed by atoms with Crippen LogP contribution in [0.2, 0.25) is 5.02 Å². The van der Waals surface area contributed by atoms with Crippen molar-refractivity contribution in [1.29, 1.82) is 0 Å². The second-order valence-electron chi connectivity index (χ2n) is 3.76. The standard InChI is InChI=1S/C10H12ClNO2S/c11-7-3-9(15-6-7)4-12(5-10(13)14)8-1-2-8/h3,6,8H,1-2,4-5H2,(H,13,14). The predicted molar refractivity (Wildman–Crippen MR) is 60.4 cm³/mol. The maximum absolute atomic E-state index is 10.7. The minimum absolute atomic E-state index is 0.125. The summed E-state index contributed by atoms with van der Waals surface area (Å²) in [6.45, 7) is 0.828. The quantitative estimate of drug-likeness (QED) is 0.866. The van der Waals surface area contributed by atoms with Crippen molar-refractivity contribution in [1.82, 2.24) is 4.90 Å². The molecule has 0 radical (unpaired) electrons. The van der Waals surface area contributed by atoms with Gasteiger partial charge in [0.1, 0.15) is 0 Å². The average Bonchev–Trinajstić information content (AvgIpc) is 2.90. The summed E-state index contributed by atoms with van der Waals surface area (Å²) >= 11 is 7.40. The van der Waals surface area contributed by atoms with Gasteiger partial charge in [0.2, 0.25) is 0 Å². The zero-order chi connectivity index (χ0) is 10.8. The van der Waals surface area contributed by atoms with Gasteiger partial charge in [0, 0.05) is 22.8 Å². The minimum Gasteiger partial charge on any atom is -0.480 e. The fourth-order valence-electron chi connectivity index (χ4n) is 1.56. The summed E-state index contributed by atoms with van der Waals surface area (Å²) in [5.41, 5.74) is 0. The van der Waals surface area contributed by atoms with Crippen molar-refractivity contribution in [3.05, 3.63) is 21.3 Å². The first kappa shape index (κ1) is 10.9. The largest absolute Gasteiger partial charge is 0.480 e. The average molecular weight is 246 g/mol. The zero-order valence-electron chi connectivity index (χ0n) is 8.15. The van der Waals surface area contributed by atoms with Crippen molar-refractivity contribution in [2.45, 2.75) is 25.4 Å². The fourth-order valence-corrected chi connectivity index (χ4v) is 2.66. The third kappa shape index (κ3) is 3.19. The van der Waals surface area contributed by atoms with Crippen LogP contribution < -0.4 is 0 Å². The van der Waals surface area contributed by atoms with Crippen molar-refractivity contribution < 1.29 is 9.90 Å². The second kappa shape index (κ2) is 4.51. The summed E-state index contributed by atoms with van der Waals surface area (Å²) in [6.07, 6.45) is 2.23. The van der Waals surface area contributed by atoms with E-state index in [1.54, 1.807) is 11.3 Å². The Morgan fingerprint density at radius 3 is 2.87 bits per heavy atom. The van der Waals surface area contributed by atoms with Gasteiger partial charge in [0.25, 0.3) is 0 Å². The molecule has 5 heteroatoms. The number of carboxylic acids is 1. The molecule has 0 unspecified atom stereocenters. The van der Waals surface area contributed by atoms with Crippen LogP contribution in [0.3, 0.4) is 0 Å². The van der Waals surface area contributed by atoms with E-state index >= 15 is 0 Å². The summed E-state index contributed by atoms with van der Waals surface area (Å²) in [5.74, 6) is -0.760. The van der Waals surface area contributed by atoms with Crippen molar-refractivity contribution in [2.75, 3.05) is 6.54 Å². The Labute approximate surface area is 97.3 Å². The Hall–Kier alpha value is -0.580. The van der Waals surface area contributed by atoms with Gasteiger partial charge < -0.3 is 5.11 Å². The molecule has 0 aromatic carbocycles. The van der Waals surface area contributed by atoms with E-state index in [-0.39, 0.29) is 6.54 Å². The second-order valence-corrected chi connectivity index (χ2v) is 5.19. The molecule has 0 amide bonds. The van der Waals surface area contributed by atoms with Crippen LogP contribution >= 0.6 is 22.9 Å². The SMILES string of the molecule is O=C(O)CN(Cc1cc(Cl)cs1)C1CC1. The van der Waals surface area contributed by atoms with E-state index in [0.29, 0.717) is 12.6 Å². The molecule has 1 N–H and O–H groups in total. The van der Waals surface area contributed by atoms with Crippen LogP contribution in [-0.2, 0) is 11.3 Å². The molecule has 0 atom stereocenters. The molecule has 82 valence electrons. The van der Waals surface area contributed by atoms with Crippen LogP contribution in [-0.4, -0.2) is 28.6 Å². The molecule has 1 heterocycles. The van der Waals surface area contributed by atoms with E-state index in [1.165, 1.54) is 0 Å². The van der Waals surface area contributed by atoms with E-state index in [9.17, 15) is 4.79 Å². The molecule has 2 rings (SSSR count). The third-order valence-electron chi connectivity index (χ3n) is 2.38. The molecule has 0 bridgehead atoms. The predicted octanol–water partition coefficient (Wildman–Crippen LogP) is 2.45. The van der Waals surface area contributed by atoms with E-state index in [4.69, 9.17) is 16.7 Å². The topological polar surface area (TPSA) is 40.5 Å². The Balaban J connectivity index is 1.96. The van der Waals surface area contributed by atoms with Crippen molar-refractivity contribution in [3.8, 4) is 0 Å². The number of aliphatic carboxylic acids is 1. The molecule has 1 aromatic rings. The van der Waals surface area contributed by atoms with Gasteiger partial charge in [-0.1, -0.05) is 11.6 Å². The van der Waals surface area contributed by atoms with Crippen LogP contribution in [0.15, 0.2) is 11.4 Å². The number of hydrogen-bond acceptors (Lipinski definition) is 3. The van der Waals surface area contributed by atoms with Crippen LogP contribution in [0.1, 0.15) is 17.7 Å². The highest BCUT2D eigenvalue weighted by Crippen LogP contribution is 2.29. The molecule has 1 saturated carbocycles. The molecule has 15 heavy (non-hydrogen) atoms. The molecule has 0 spiro atoms. The smallest absolute Gasteiger partial charge is 0.317 e. The summed E-state index contributed by atoms with van der Waals surface area (Å²) in [7, 11) is 0. The maximum atomic E-state index is 10.7. The van der Waals surface area contributed by atoms with Crippen LogP contribution in [0.4, 0.5) is 0 Å². The van der Waals surface area contributed by atoms with Crippen molar-refractivity contribution >= 4 is 28.9 Å². The van der Waals surface area contributed by atoms with E-state index in [2.05, 4.69) is 0 Å². The van der Waals surface area contributed by atoms with Gasteiger partial charge in [-0.3, -0.25) is 9.69 Å². The summed E-state index contributed by atoms with van der Waals surface area (Å²) in [6, 6.07) is 2.37. The first-order valence-corrected chi connectivity index (χ1v) is 6.09. The lowest BCUT2D eigenvalue weighted by Gasteiger charge is -2.18. The maximum Gasteiger partial charge on any atom is 0.317 e. The molecule has 1 fully saturated rings. The molecular formula is C10H12ClNO2S. The minimum atomic E-state index is -0.760. The van der Waals surface area contributed by atoms with Crippen LogP contribution in [0.25, 0.3) is 0 Å². The van der Waals surface area contributed by atoms with Gasteiger partial charge in [0.15, 0.2) is 0 Å². The third-order valence-corrected chi connectivity index (χ3v) is 3.65. The summed E-state index contributed by atoms with van der Waals surface area (Å²) in [5, 5.41) is 11.4.